The summed E-state index contributed by atoms with van der Waals surface area (Å²) in [6, 6.07) is -0.994. The molecule has 0 aromatic carbocycles. The Hall–Kier alpha value is -1.99. The van der Waals surface area contributed by atoms with Crippen molar-refractivity contribution in [1.82, 2.24) is 5.32 Å². The van der Waals surface area contributed by atoms with E-state index in [-0.39, 0.29) is 18.9 Å². The van der Waals surface area contributed by atoms with Crippen LogP contribution in [0, 0.1) is 0 Å². The molecule has 12 N–H and O–H groups in total. The minimum Gasteiger partial charge on any atom is -0.394 e. The van der Waals surface area contributed by atoms with Gasteiger partial charge in [0.25, 0.3) is 0 Å². The van der Waals surface area contributed by atoms with Gasteiger partial charge in [0.05, 0.1) is 38.6 Å². The molecule has 0 aliphatic carbocycles. The molecule has 3 fully saturated rings. The van der Waals surface area contributed by atoms with Crippen molar-refractivity contribution >= 4 is 5.91 Å². The number of aliphatic hydroxyl groups is 11. The van der Waals surface area contributed by atoms with Crippen molar-refractivity contribution in [3.63, 3.8) is 0 Å². The molecule has 3 heterocycles. The van der Waals surface area contributed by atoms with Gasteiger partial charge in [-0.05, 0) is 44.9 Å². The van der Waals surface area contributed by atoms with Crippen molar-refractivity contribution in [2.75, 3.05) is 26.4 Å². The van der Waals surface area contributed by atoms with E-state index in [4.69, 9.17) is 28.4 Å². The third-order valence-corrected chi connectivity index (χ3v) is 18.4. The number of nitrogens with one attached hydrogen (secondary N) is 1. The summed E-state index contributed by atoms with van der Waals surface area (Å²) in [5.41, 5.74) is 0. The fraction of sp³-hybridized carbons (Fsp3) is 0.903. The number of carbonyl (C=O) groups excluding carboxylic acids is 1. The lowest BCUT2D eigenvalue weighted by Crippen LogP contribution is -2.66. The molecule has 3 aliphatic heterocycles. The van der Waals surface area contributed by atoms with Gasteiger partial charge < -0.3 is 89.9 Å². The molecule has 17 unspecified atom stereocenters. The van der Waals surface area contributed by atoms with Crippen LogP contribution in [0.5, 0.6) is 0 Å². The minimum absolute atomic E-state index is 0.236. The van der Waals surface area contributed by atoms with E-state index in [9.17, 15) is 61.0 Å². The van der Waals surface area contributed by atoms with Crippen molar-refractivity contribution in [3.8, 4) is 0 Å². The molecule has 3 aliphatic rings. The Labute approximate surface area is 549 Å². The lowest BCUT2D eigenvalue weighted by Gasteiger charge is -2.48. The van der Waals surface area contributed by atoms with E-state index in [0.29, 0.717) is 12.8 Å². The van der Waals surface area contributed by atoms with Crippen LogP contribution in [0.2, 0.25) is 0 Å². The molecule has 0 spiro atoms. The number of amides is 1. The molecule has 0 aromatic rings. The van der Waals surface area contributed by atoms with Gasteiger partial charge in [-0.3, -0.25) is 4.79 Å². The van der Waals surface area contributed by atoms with Crippen LogP contribution in [0.4, 0.5) is 0 Å². The molecular formula is C72H133NO18. The zero-order chi connectivity index (χ0) is 66.1. The van der Waals surface area contributed by atoms with Crippen LogP contribution < -0.4 is 5.32 Å². The Morgan fingerprint density at radius 2 is 0.703 bits per heavy atom. The molecule has 19 heteroatoms. The van der Waals surface area contributed by atoms with Crippen molar-refractivity contribution in [3.05, 3.63) is 36.5 Å². The Morgan fingerprint density at radius 3 is 1.10 bits per heavy atom. The van der Waals surface area contributed by atoms with Gasteiger partial charge >= 0.3 is 0 Å². The van der Waals surface area contributed by atoms with Crippen LogP contribution in [-0.2, 0) is 33.2 Å². The molecule has 0 bridgehead atoms. The zero-order valence-corrected chi connectivity index (χ0v) is 56.6. The van der Waals surface area contributed by atoms with Crippen LogP contribution in [0.3, 0.4) is 0 Å². The third kappa shape index (κ3) is 35.7. The van der Waals surface area contributed by atoms with Crippen LogP contribution in [0.15, 0.2) is 36.5 Å². The number of aliphatic hydroxyl groups excluding tert-OH is 11. The molecular weight excluding hydrogens is 1170 g/mol. The second-order valence-electron chi connectivity index (χ2n) is 26.4. The predicted octanol–water partition coefficient (Wildman–Crippen LogP) is 10.4. The third-order valence-electron chi connectivity index (χ3n) is 18.4. The van der Waals surface area contributed by atoms with Crippen molar-refractivity contribution in [2.24, 2.45) is 0 Å². The topological polar surface area (TPSA) is 307 Å². The molecule has 19 nitrogen and oxygen atoms in total. The lowest BCUT2D eigenvalue weighted by atomic mass is 9.96. The first-order valence-electron chi connectivity index (χ1n) is 36.7. The largest absolute Gasteiger partial charge is 0.394 e. The quantitative estimate of drug-likeness (QED) is 0.0199. The van der Waals surface area contributed by atoms with E-state index in [1.807, 2.05) is 6.08 Å². The average Bonchev–Trinajstić information content (AvgIpc) is 0.884. The maximum Gasteiger partial charge on any atom is 0.220 e. The molecule has 0 aromatic heterocycles. The summed E-state index contributed by atoms with van der Waals surface area (Å²) in [6.45, 7) is 1.74. The van der Waals surface area contributed by atoms with E-state index < -0.39 is 124 Å². The Balaban J connectivity index is 1.42. The highest BCUT2D eigenvalue weighted by Crippen LogP contribution is 2.33. The summed E-state index contributed by atoms with van der Waals surface area (Å²) in [4.78, 5) is 13.4. The molecule has 0 saturated carbocycles. The van der Waals surface area contributed by atoms with Gasteiger partial charge in [0.15, 0.2) is 18.9 Å². The Morgan fingerprint density at radius 1 is 0.385 bits per heavy atom. The molecule has 17 atom stereocenters. The second kappa shape index (κ2) is 54.1. The highest BCUT2D eigenvalue weighted by molar-refractivity contribution is 5.76. The normalized spacial score (nSPS) is 28.0. The fourth-order valence-corrected chi connectivity index (χ4v) is 12.5. The Bertz CT molecular complexity index is 1790. The van der Waals surface area contributed by atoms with E-state index in [0.717, 1.165) is 44.9 Å². The van der Waals surface area contributed by atoms with Crippen molar-refractivity contribution in [1.29, 1.82) is 0 Å². The van der Waals surface area contributed by atoms with Gasteiger partial charge in [0.1, 0.15) is 73.2 Å². The first-order valence-corrected chi connectivity index (χ1v) is 36.7. The number of allylic oxidation sites excluding steroid dienone is 5. The van der Waals surface area contributed by atoms with Gasteiger partial charge in [0.2, 0.25) is 5.91 Å². The number of hydrogen-bond acceptors (Lipinski definition) is 18. The monoisotopic (exact) mass is 1300 g/mol. The van der Waals surface area contributed by atoms with Crippen LogP contribution in [0.1, 0.15) is 284 Å². The molecule has 0 radical (unpaired) electrons. The summed E-state index contributed by atoms with van der Waals surface area (Å²) >= 11 is 0. The molecule has 3 saturated heterocycles. The van der Waals surface area contributed by atoms with Gasteiger partial charge in [0, 0.05) is 6.42 Å². The number of ether oxygens (including phenoxy) is 6. The van der Waals surface area contributed by atoms with Crippen LogP contribution >= 0.6 is 0 Å². The van der Waals surface area contributed by atoms with E-state index in [2.05, 4.69) is 43.5 Å². The molecule has 534 valence electrons. The smallest absolute Gasteiger partial charge is 0.220 e. The minimum atomic E-state index is -1.98. The van der Waals surface area contributed by atoms with Crippen molar-refractivity contribution < 1.29 is 89.4 Å². The van der Waals surface area contributed by atoms with Gasteiger partial charge in [-0.15, -0.1) is 0 Å². The highest BCUT2D eigenvalue weighted by Gasteiger charge is 2.53. The standard InChI is InChI=1S/C72H133NO18/c1-3-5-7-9-11-13-15-17-19-21-22-23-24-25-26-27-28-29-30-31-32-33-34-35-37-39-41-43-45-47-49-56(77)55(73-60(78)50-48-46-44-42-40-38-36-20-18-16-14-12-10-8-6-4-2)54-86-70-66(84)63(81)68(58(52-75)88-70)91-72-67(85)64(82)69(59(53-76)89-72)90-71-65(83)62(80)61(79)57(51-74)87-71/h33-34,39,41,47,49,55-59,61-72,74-77,79-85H,3-32,35-38,40,42-46,48,50-54H2,1-2H3,(H,73,78)/b34-33+,41-39+,49-47+. The SMILES string of the molecule is CCCCCCCCCCCCCCCCCCCCCC/C=C/CC/C=C/CC/C=C/C(O)C(COC1OC(CO)C(OC2OC(CO)C(OC3OC(CO)C(O)C(O)C3O)C(O)C2O)C(O)C1O)NC(=O)CCCCCCCCCCCCCCCCCC. The number of hydrogen-bond donors (Lipinski definition) is 12. The fourth-order valence-electron chi connectivity index (χ4n) is 12.5. The predicted molar refractivity (Wildman–Crippen MR) is 356 cm³/mol. The van der Waals surface area contributed by atoms with Crippen LogP contribution in [-0.4, -0.2) is 193 Å². The van der Waals surface area contributed by atoms with E-state index >= 15 is 0 Å². The maximum absolute atomic E-state index is 13.4. The number of unbranched alkanes of at least 4 members (excludes halogenated alkanes) is 37. The lowest BCUT2D eigenvalue weighted by molar-refractivity contribution is -0.379. The summed E-state index contributed by atoms with van der Waals surface area (Å²) in [7, 11) is 0. The first kappa shape index (κ1) is 83.2. The van der Waals surface area contributed by atoms with Crippen LogP contribution in [0.25, 0.3) is 0 Å². The summed E-state index contributed by atoms with van der Waals surface area (Å²) in [5.74, 6) is -0.286. The van der Waals surface area contributed by atoms with Gasteiger partial charge in [-0.2, -0.15) is 0 Å². The summed E-state index contributed by atoms with van der Waals surface area (Å²) in [6.07, 6.45) is 37.1. The molecule has 1 amide bonds. The second-order valence-corrected chi connectivity index (χ2v) is 26.4. The van der Waals surface area contributed by atoms with Crippen molar-refractivity contribution in [2.45, 2.75) is 388 Å². The van der Waals surface area contributed by atoms with Gasteiger partial charge in [-0.1, -0.05) is 269 Å². The maximum atomic E-state index is 13.4. The summed E-state index contributed by atoms with van der Waals surface area (Å²) < 4.78 is 34.3. The van der Waals surface area contributed by atoms with E-state index in [1.54, 1.807) is 6.08 Å². The average molecular weight is 1300 g/mol. The highest BCUT2D eigenvalue weighted by atomic mass is 16.8. The number of carbonyl (C=O) groups is 1. The van der Waals surface area contributed by atoms with E-state index in [1.165, 1.54) is 205 Å². The Kier molecular flexibility index (Phi) is 49.5. The zero-order valence-electron chi connectivity index (χ0n) is 56.6. The first-order chi connectivity index (χ1) is 44.3. The van der Waals surface area contributed by atoms with Gasteiger partial charge in [-0.25, -0.2) is 0 Å². The molecule has 3 rings (SSSR count). The number of rotatable bonds is 57. The molecule has 91 heavy (non-hydrogen) atoms. The summed E-state index contributed by atoms with van der Waals surface area (Å²) in [5, 5.41) is 121.